The van der Waals surface area contributed by atoms with E-state index in [0.29, 0.717) is 0 Å². The van der Waals surface area contributed by atoms with Crippen LogP contribution in [-0.4, -0.2) is 31.3 Å². The van der Waals surface area contributed by atoms with E-state index in [9.17, 15) is 5.21 Å². The fourth-order valence-electron chi connectivity index (χ4n) is 1.70. The third-order valence-electron chi connectivity index (χ3n) is 2.57. The van der Waals surface area contributed by atoms with E-state index in [-0.39, 0.29) is 25.5 Å². The Kier molecular flexibility index (Phi) is 2.91. The number of nitrogens with two attached hydrogens (primary N) is 1. The van der Waals surface area contributed by atoms with Gasteiger partial charge in [0.05, 0.1) is 0 Å². The Labute approximate surface area is 86.3 Å². The molecule has 0 amide bonds. The van der Waals surface area contributed by atoms with Crippen LogP contribution < -0.4 is 4.75 Å². The van der Waals surface area contributed by atoms with E-state index in [1.54, 1.807) is 0 Å². The molecule has 75 valence electrons. The molecule has 0 saturated carbocycles. The van der Waals surface area contributed by atoms with E-state index in [1.807, 2.05) is 33.8 Å². The molecule has 1 aliphatic heterocycles. The van der Waals surface area contributed by atoms with Gasteiger partial charge in [-0.1, -0.05) is 0 Å². The van der Waals surface area contributed by atoms with Crippen LogP contribution >= 0.6 is 0 Å². The number of rotatable bonds is 1. The molecule has 0 aromatic heterocycles. The second-order valence-electron chi connectivity index (χ2n) is 4.52. The molecule has 1 rings (SSSR count). The van der Waals surface area contributed by atoms with E-state index in [4.69, 9.17) is 4.75 Å². The Morgan fingerprint density at radius 2 is 1.92 bits per heavy atom. The van der Waals surface area contributed by atoms with Gasteiger partial charge in [-0.2, -0.15) is 0 Å². The van der Waals surface area contributed by atoms with Gasteiger partial charge in [0.1, 0.15) is 0 Å². The van der Waals surface area contributed by atoms with Crippen molar-refractivity contribution < 1.29 is 5.21 Å². The van der Waals surface area contributed by atoms with E-state index < -0.39 is 5.54 Å². The molecular weight excluding hydrogens is 231 g/mol. The van der Waals surface area contributed by atoms with Crippen LogP contribution in [0.25, 0.3) is 0 Å². The fourth-order valence-corrected chi connectivity index (χ4v) is 2.95. The Balaban J connectivity index is 3.01. The third kappa shape index (κ3) is 1.83. The summed E-state index contributed by atoms with van der Waals surface area (Å²) in [7, 11) is 0. The van der Waals surface area contributed by atoms with Crippen LogP contribution in [0.4, 0.5) is 0 Å². The zero-order valence-corrected chi connectivity index (χ0v) is 10.3. The predicted molar refractivity (Wildman–Crippen MR) is 53.5 cm³/mol. The quantitative estimate of drug-likeness (QED) is 0.558. The van der Waals surface area contributed by atoms with Crippen LogP contribution in [0.5, 0.6) is 0 Å². The van der Waals surface area contributed by atoms with Gasteiger partial charge in [-0.15, -0.1) is 0 Å². The van der Waals surface area contributed by atoms with Crippen LogP contribution in [0.1, 0.15) is 27.7 Å². The third-order valence-corrected chi connectivity index (χ3v) is 4.72. The van der Waals surface area contributed by atoms with E-state index >= 15 is 0 Å². The second-order valence-corrected chi connectivity index (χ2v) is 6.15. The molecule has 3 nitrogen and oxygen atoms in total. The molecule has 0 spiro atoms. The zero-order chi connectivity index (χ0) is 10.3. The van der Waals surface area contributed by atoms with Crippen LogP contribution in [-0.2, 0) is 5.21 Å². The molecular formula is C9H17N2OSe. The van der Waals surface area contributed by atoms with Crippen LogP contribution in [0, 0.1) is 0 Å². The molecule has 1 heterocycles. The summed E-state index contributed by atoms with van der Waals surface area (Å²) in [6.45, 7) is 7.78. The van der Waals surface area contributed by atoms with Crippen molar-refractivity contribution in [3.05, 3.63) is 12.2 Å². The first-order valence-corrected chi connectivity index (χ1v) is 6.32. The van der Waals surface area contributed by atoms with Crippen molar-refractivity contribution in [2.75, 3.05) is 0 Å². The van der Waals surface area contributed by atoms with Gasteiger partial charge in [0.25, 0.3) is 0 Å². The minimum atomic E-state index is -0.398. The van der Waals surface area contributed by atoms with Gasteiger partial charge < -0.3 is 0 Å². The summed E-state index contributed by atoms with van der Waals surface area (Å²) in [6, 6.07) is 0. The Bertz CT molecular complexity index is 226. The maximum absolute atomic E-state index is 12.0. The van der Waals surface area contributed by atoms with Crippen molar-refractivity contribution in [3.63, 3.8) is 0 Å². The first kappa shape index (κ1) is 11.2. The Morgan fingerprint density at radius 1 is 1.38 bits per heavy atom. The Hall–Kier alpha value is 0.139. The van der Waals surface area contributed by atoms with E-state index in [1.165, 1.54) is 5.06 Å². The summed E-state index contributed by atoms with van der Waals surface area (Å²) in [5.41, 5.74) is -0.766. The molecule has 2 N–H and O–H groups in total. The summed E-state index contributed by atoms with van der Waals surface area (Å²) < 4.78 is 5.68. The van der Waals surface area contributed by atoms with Crippen molar-refractivity contribution in [1.82, 2.24) is 5.06 Å². The summed E-state index contributed by atoms with van der Waals surface area (Å²) in [5, 5.41) is 13.1. The number of nitrogens with zero attached hydrogens (tertiary/aromatic N) is 1. The molecule has 0 fully saturated rings. The van der Waals surface area contributed by atoms with Gasteiger partial charge in [-0.3, -0.25) is 0 Å². The molecule has 0 saturated heterocycles. The molecule has 0 aromatic rings. The molecule has 0 aromatic carbocycles. The predicted octanol–water partition coefficient (Wildman–Crippen LogP) is 1.13. The van der Waals surface area contributed by atoms with Crippen LogP contribution in [0.2, 0.25) is 4.82 Å². The average Bonchev–Trinajstić information content (AvgIpc) is 2.01. The van der Waals surface area contributed by atoms with Crippen molar-refractivity contribution >= 4 is 15.2 Å². The standard InChI is InChI=1S/C9H17N2OSe/c1-8(2)6-5-7(13-10)9(3,4)11(8)12/h5-7H,10H2,1-4H3. The summed E-state index contributed by atoms with van der Waals surface area (Å²) >= 11 is -0.000833. The SMILES string of the molecule is CC1(C)C=CC([Se]N)C(C)(C)N1[O]. The van der Waals surface area contributed by atoms with Crippen molar-refractivity contribution in [1.29, 1.82) is 0 Å². The molecule has 1 unspecified atom stereocenters. The molecule has 13 heavy (non-hydrogen) atoms. The maximum atomic E-state index is 12.0. The summed E-state index contributed by atoms with van der Waals surface area (Å²) in [6.07, 6.45) is 4.05. The monoisotopic (exact) mass is 249 g/mol. The fraction of sp³-hybridized carbons (Fsp3) is 0.778. The average molecular weight is 248 g/mol. The molecule has 0 bridgehead atoms. The van der Waals surface area contributed by atoms with Gasteiger partial charge in [0.2, 0.25) is 0 Å². The van der Waals surface area contributed by atoms with Gasteiger partial charge >= 0.3 is 85.9 Å². The molecule has 4 heteroatoms. The zero-order valence-electron chi connectivity index (χ0n) is 8.57. The van der Waals surface area contributed by atoms with Crippen molar-refractivity contribution in [2.24, 2.45) is 4.75 Å². The molecule has 1 atom stereocenters. The van der Waals surface area contributed by atoms with Gasteiger partial charge in [0.15, 0.2) is 0 Å². The molecule has 0 aliphatic carbocycles. The van der Waals surface area contributed by atoms with Gasteiger partial charge in [-0.25, -0.2) is 0 Å². The first-order chi connectivity index (χ1) is 5.82. The van der Waals surface area contributed by atoms with Crippen LogP contribution in [0.15, 0.2) is 12.2 Å². The summed E-state index contributed by atoms with van der Waals surface area (Å²) in [5.74, 6) is 0. The van der Waals surface area contributed by atoms with Crippen molar-refractivity contribution in [3.8, 4) is 0 Å². The van der Waals surface area contributed by atoms with E-state index in [0.717, 1.165) is 0 Å². The minimum absolute atomic E-state index is 0.000833. The van der Waals surface area contributed by atoms with Crippen molar-refractivity contribution in [2.45, 2.75) is 43.6 Å². The van der Waals surface area contributed by atoms with E-state index in [2.05, 4.69) is 6.08 Å². The van der Waals surface area contributed by atoms with Gasteiger partial charge in [0, 0.05) is 0 Å². The second kappa shape index (κ2) is 3.37. The first-order valence-electron chi connectivity index (χ1n) is 4.35. The van der Waals surface area contributed by atoms with Crippen LogP contribution in [0.3, 0.4) is 0 Å². The summed E-state index contributed by atoms with van der Waals surface area (Å²) in [4.78, 5) is 0.213. The Morgan fingerprint density at radius 3 is 2.38 bits per heavy atom. The van der Waals surface area contributed by atoms with Gasteiger partial charge in [-0.05, 0) is 0 Å². The topological polar surface area (TPSA) is 49.2 Å². The molecule has 1 radical (unpaired) electrons. The molecule has 1 aliphatic rings. The normalized spacial score (nSPS) is 32.0. The number of hydroxylamine groups is 2. The number of hydrogen-bond acceptors (Lipinski definition) is 2. The number of hydrogen-bond donors (Lipinski definition) is 1.